The van der Waals surface area contributed by atoms with E-state index in [1.54, 1.807) is 0 Å². The molecular formula is C23H34N4O2. The van der Waals surface area contributed by atoms with Crippen LogP contribution in [0.4, 0.5) is 5.82 Å². The van der Waals surface area contributed by atoms with Crippen molar-refractivity contribution in [2.45, 2.75) is 51.4 Å². The van der Waals surface area contributed by atoms with Crippen LogP contribution in [0.5, 0.6) is 0 Å². The minimum Gasteiger partial charge on any atom is -0.356 e. The van der Waals surface area contributed by atoms with Gasteiger partial charge in [0.25, 0.3) is 0 Å². The highest BCUT2D eigenvalue weighted by atomic mass is 16.2. The maximum atomic E-state index is 13.1. The minimum atomic E-state index is 0.0825. The third kappa shape index (κ3) is 5.09. The molecular weight excluding hydrogens is 364 g/mol. The Kier molecular flexibility index (Phi) is 6.67. The predicted octanol–water partition coefficient (Wildman–Crippen LogP) is 2.94. The van der Waals surface area contributed by atoms with Crippen molar-refractivity contribution in [1.82, 2.24) is 14.8 Å². The number of anilines is 1. The highest BCUT2D eigenvalue weighted by molar-refractivity contribution is 5.80. The van der Waals surface area contributed by atoms with Crippen molar-refractivity contribution >= 4 is 17.6 Å². The van der Waals surface area contributed by atoms with Crippen LogP contribution in [-0.4, -0.2) is 65.9 Å². The van der Waals surface area contributed by atoms with Gasteiger partial charge in [-0.25, -0.2) is 4.98 Å². The van der Waals surface area contributed by atoms with Crippen LogP contribution in [0.25, 0.3) is 0 Å². The van der Waals surface area contributed by atoms with Gasteiger partial charge in [0.2, 0.25) is 11.8 Å². The zero-order valence-electron chi connectivity index (χ0n) is 17.5. The van der Waals surface area contributed by atoms with E-state index < -0.39 is 0 Å². The van der Waals surface area contributed by atoms with Crippen molar-refractivity contribution in [2.75, 3.05) is 44.2 Å². The molecule has 3 aliphatic rings. The summed E-state index contributed by atoms with van der Waals surface area (Å²) in [6, 6.07) is 5.97. The molecule has 3 saturated heterocycles. The Morgan fingerprint density at radius 2 is 1.72 bits per heavy atom. The normalized spacial score (nSPS) is 23.4. The summed E-state index contributed by atoms with van der Waals surface area (Å²) in [5, 5.41) is 0. The van der Waals surface area contributed by atoms with Crippen LogP contribution in [0.2, 0.25) is 0 Å². The fraction of sp³-hybridized carbons (Fsp3) is 0.696. The molecule has 0 aliphatic carbocycles. The topological polar surface area (TPSA) is 56.8 Å². The summed E-state index contributed by atoms with van der Waals surface area (Å²) < 4.78 is 0. The van der Waals surface area contributed by atoms with Gasteiger partial charge in [-0.15, -0.1) is 0 Å². The molecule has 0 aromatic carbocycles. The van der Waals surface area contributed by atoms with E-state index >= 15 is 0 Å². The van der Waals surface area contributed by atoms with E-state index in [4.69, 9.17) is 0 Å². The molecule has 3 fully saturated rings. The second kappa shape index (κ2) is 9.59. The molecule has 1 aromatic rings. The summed E-state index contributed by atoms with van der Waals surface area (Å²) in [4.78, 5) is 36.2. The van der Waals surface area contributed by atoms with E-state index in [2.05, 4.69) is 14.8 Å². The van der Waals surface area contributed by atoms with Gasteiger partial charge in [-0.05, 0) is 63.0 Å². The maximum absolute atomic E-state index is 13.1. The Balaban J connectivity index is 1.22. The lowest BCUT2D eigenvalue weighted by Crippen LogP contribution is -2.47. The summed E-state index contributed by atoms with van der Waals surface area (Å²) in [7, 11) is 0. The van der Waals surface area contributed by atoms with Gasteiger partial charge < -0.3 is 14.7 Å². The quantitative estimate of drug-likeness (QED) is 0.765. The van der Waals surface area contributed by atoms with Crippen molar-refractivity contribution in [3.63, 3.8) is 0 Å². The summed E-state index contributed by atoms with van der Waals surface area (Å²) in [6.45, 7) is 5.35. The third-order valence-corrected chi connectivity index (χ3v) is 6.90. The smallest absolute Gasteiger partial charge is 0.227 e. The van der Waals surface area contributed by atoms with Crippen LogP contribution < -0.4 is 4.90 Å². The Morgan fingerprint density at radius 3 is 2.45 bits per heavy atom. The minimum absolute atomic E-state index is 0.0825. The van der Waals surface area contributed by atoms with E-state index in [0.29, 0.717) is 24.2 Å². The maximum Gasteiger partial charge on any atom is 0.227 e. The molecule has 0 radical (unpaired) electrons. The zero-order chi connectivity index (χ0) is 20.1. The van der Waals surface area contributed by atoms with E-state index in [0.717, 1.165) is 90.0 Å². The first-order valence-corrected chi connectivity index (χ1v) is 11.4. The van der Waals surface area contributed by atoms with Gasteiger partial charge in [-0.1, -0.05) is 6.07 Å². The Morgan fingerprint density at radius 1 is 0.931 bits per heavy atom. The average Bonchev–Trinajstić information content (AvgIpc) is 3.33. The zero-order valence-corrected chi connectivity index (χ0v) is 17.5. The van der Waals surface area contributed by atoms with Crippen LogP contribution in [0.15, 0.2) is 24.4 Å². The number of pyridine rings is 1. The molecule has 0 unspecified atom stereocenters. The summed E-state index contributed by atoms with van der Waals surface area (Å²) in [6.07, 6.45) is 9.89. The summed E-state index contributed by atoms with van der Waals surface area (Å²) in [5.74, 6) is 2.29. The van der Waals surface area contributed by atoms with E-state index in [9.17, 15) is 9.59 Å². The fourth-order valence-corrected chi connectivity index (χ4v) is 5.08. The highest BCUT2D eigenvalue weighted by Crippen LogP contribution is 2.27. The molecule has 4 heterocycles. The standard InChI is InChI=1S/C23H34N4O2/c28-22(25-13-3-4-14-25)9-8-19-10-16-26(17-11-19)23(29)20-6-5-15-27(18-20)21-7-1-2-12-24-21/h1-2,7,12,19-20H,3-6,8-11,13-18H2/t20-/m0/s1. The van der Waals surface area contributed by atoms with Crippen LogP contribution >= 0.6 is 0 Å². The molecule has 29 heavy (non-hydrogen) atoms. The molecule has 2 amide bonds. The van der Waals surface area contributed by atoms with Gasteiger partial charge in [0, 0.05) is 51.9 Å². The predicted molar refractivity (Wildman–Crippen MR) is 114 cm³/mol. The van der Waals surface area contributed by atoms with Crippen molar-refractivity contribution in [3.05, 3.63) is 24.4 Å². The van der Waals surface area contributed by atoms with Gasteiger partial charge in [-0.2, -0.15) is 0 Å². The number of aromatic nitrogens is 1. The first kappa shape index (κ1) is 20.2. The number of piperidine rings is 2. The molecule has 0 spiro atoms. The van der Waals surface area contributed by atoms with Crippen LogP contribution in [0.1, 0.15) is 51.4 Å². The number of carbonyl (C=O) groups is 2. The number of likely N-dealkylation sites (tertiary alicyclic amines) is 2. The van der Waals surface area contributed by atoms with E-state index in [1.807, 2.05) is 29.3 Å². The number of rotatable bonds is 5. The second-order valence-electron chi connectivity index (χ2n) is 8.87. The molecule has 4 rings (SSSR count). The van der Waals surface area contributed by atoms with Crippen molar-refractivity contribution < 1.29 is 9.59 Å². The molecule has 3 aliphatic heterocycles. The molecule has 158 valence electrons. The van der Waals surface area contributed by atoms with Gasteiger partial charge in [0.15, 0.2) is 0 Å². The first-order valence-electron chi connectivity index (χ1n) is 11.4. The lowest BCUT2D eigenvalue weighted by atomic mass is 9.90. The number of nitrogens with zero attached hydrogens (tertiary/aromatic N) is 4. The third-order valence-electron chi connectivity index (χ3n) is 6.90. The fourth-order valence-electron chi connectivity index (χ4n) is 5.08. The molecule has 1 aromatic heterocycles. The van der Waals surface area contributed by atoms with Crippen molar-refractivity contribution in [3.8, 4) is 0 Å². The second-order valence-corrected chi connectivity index (χ2v) is 8.87. The number of hydrogen-bond donors (Lipinski definition) is 0. The summed E-state index contributed by atoms with van der Waals surface area (Å²) in [5.41, 5.74) is 0. The molecule has 0 bridgehead atoms. The Hall–Kier alpha value is -2.11. The first-order chi connectivity index (χ1) is 14.2. The van der Waals surface area contributed by atoms with Crippen molar-refractivity contribution in [2.24, 2.45) is 11.8 Å². The van der Waals surface area contributed by atoms with Gasteiger partial charge in [0.1, 0.15) is 5.82 Å². The molecule has 0 N–H and O–H groups in total. The monoisotopic (exact) mass is 398 g/mol. The lowest BCUT2D eigenvalue weighted by Gasteiger charge is -2.38. The number of carbonyl (C=O) groups excluding carboxylic acids is 2. The molecule has 0 saturated carbocycles. The van der Waals surface area contributed by atoms with Crippen LogP contribution in [0, 0.1) is 11.8 Å². The van der Waals surface area contributed by atoms with Crippen LogP contribution in [0.3, 0.4) is 0 Å². The van der Waals surface area contributed by atoms with Gasteiger partial charge in [-0.3, -0.25) is 9.59 Å². The Bertz CT molecular complexity index is 681. The number of amides is 2. The number of hydrogen-bond acceptors (Lipinski definition) is 4. The average molecular weight is 399 g/mol. The Labute approximate surface area is 174 Å². The van der Waals surface area contributed by atoms with Gasteiger partial charge in [0.05, 0.1) is 5.92 Å². The largest absolute Gasteiger partial charge is 0.356 e. The van der Waals surface area contributed by atoms with E-state index in [1.165, 1.54) is 0 Å². The SMILES string of the molecule is O=C(CCC1CCN(C(=O)[C@H]2CCCN(c3ccccn3)C2)CC1)N1CCCC1. The van der Waals surface area contributed by atoms with Crippen molar-refractivity contribution in [1.29, 1.82) is 0 Å². The highest BCUT2D eigenvalue weighted by Gasteiger charge is 2.32. The van der Waals surface area contributed by atoms with Gasteiger partial charge >= 0.3 is 0 Å². The molecule has 6 heteroatoms. The summed E-state index contributed by atoms with van der Waals surface area (Å²) >= 11 is 0. The molecule has 6 nitrogen and oxygen atoms in total. The lowest BCUT2D eigenvalue weighted by molar-refractivity contribution is -0.137. The van der Waals surface area contributed by atoms with Crippen LogP contribution in [-0.2, 0) is 9.59 Å². The molecule has 1 atom stereocenters. The van der Waals surface area contributed by atoms with E-state index in [-0.39, 0.29) is 5.92 Å².